The first kappa shape index (κ1) is 15.8. The van der Waals surface area contributed by atoms with Gasteiger partial charge in [0.15, 0.2) is 0 Å². The Labute approximate surface area is 103 Å². The van der Waals surface area contributed by atoms with Crippen molar-refractivity contribution in [2.24, 2.45) is 5.92 Å². The van der Waals surface area contributed by atoms with E-state index in [4.69, 9.17) is 4.74 Å². The van der Waals surface area contributed by atoms with Crippen molar-refractivity contribution in [1.29, 1.82) is 0 Å². The highest BCUT2D eigenvalue weighted by atomic mass is 32.2. The lowest BCUT2D eigenvalue weighted by Gasteiger charge is -2.20. The largest absolute Gasteiger partial charge is 0.469 e. The maximum Gasteiger partial charge on any atom is 0.311 e. The summed E-state index contributed by atoms with van der Waals surface area (Å²) in [6, 6.07) is 0. The molecule has 0 saturated carbocycles. The Bertz CT molecular complexity index is 185. The first-order valence-corrected chi connectivity index (χ1v) is 7.16. The van der Waals surface area contributed by atoms with Gasteiger partial charge in [-0.05, 0) is 24.3 Å². The van der Waals surface area contributed by atoms with E-state index in [1.54, 1.807) is 11.8 Å². The van der Waals surface area contributed by atoms with Crippen molar-refractivity contribution in [2.45, 2.75) is 45.6 Å². The monoisotopic (exact) mass is 248 g/mol. The highest BCUT2D eigenvalue weighted by Gasteiger charge is 2.26. The van der Waals surface area contributed by atoms with Crippen molar-refractivity contribution >= 4 is 17.7 Å². The van der Waals surface area contributed by atoms with Gasteiger partial charge in [-0.3, -0.25) is 4.79 Å². The molecule has 0 aromatic rings. The lowest BCUT2D eigenvalue weighted by atomic mass is 9.94. The third-order valence-corrected chi connectivity index (χ3v) is 3.53. The van der Waals surface area contributed by atoms with E-state index < -0.39 is 6.10 Å². The fraction of sp³-hybridized carbons (Fsp3) is 0.917. The Morgan fingerprint density at radius 2 is 2.06 bits per heavy atom. The topological polar surface area (TPSA) is 46.5 Å². The summed E-state index contributed by atoms with van der Waals surface area (Å²) in [6.45, 7) is 4.17. The van der Waals surface area contributed by atoms with E-state index in [-0.39, 0.29) is 11.9 Å². The molecule has 0 aliphatic heterocycles. The molecule has 0 heterocycles. The highest BCUT2D eigenvalue weighted by Crippen LogP contribution is 2.19. The van der Waals surface area contributed by atoms with Crippen LogP contribution in [0.4, 0.5) is 0 Å². The van der Waals surface area contributed by atoms with Gasteiger partial charge in [-0.15, -0.1) is 0 Å². The van der Waals surface area contributed by atoms with Crippen LogP contribution in [0.1, 0.15) is 39.5 Å². The summed E-state index contributed by atoms with van der Waals surface area (Å²) in [5.74, 6) is 1.33. The van der Waals surface area contributed by atoms with E-state index in [9.17, 15) is 9.90 Å². The molecule has 0 spiro atoms. The third kappa shape index (κ3) is 6.38. The van der Waals surface area contributed by atoms with Gasteiger partial charge >= 0.3 is 5.97 Å². The molecule has 1 N–H and O–H groups in total. The summed E-state index contributed by atoms with van der Waals surface area (Å²) < 4.78 is 4.73. The van der Waals surface area contributed by atoms with Gasteiger partial charge in [0, 0.05) is 0 Å². The maximum atomic E-state index is 11.5. The van der Waals surface area contributed by atoms with Gasteiger partial charge < -0.3 is 9.84 Å². The zero-order chi connectivity index (χ0) is 12.4. The van der Waals surface area contributed by atoms with Gasteiger partial charge in [0.2, 0.25) is 0 Å². The lowest BCUT2D eigenvalue weighted by molar-refractivity contribution is -0.149. The number of carbonyl (C=O) groups is 1. The molecule has 0 aliphatic rings. The number of carbonyl (C=O) groups excluding carboxylic acids is 1. The molecule has 0 saturated heterocycles. The minimum atomic E-state index is -0.557. The van der Waals surface area contributed by atoms with Crippen LogP contribution < -0.4 is 0 Å². The zero-order valence-corrected chi connectivity index (χ0v) is 11.4. The van der Waals surface area contributed by atoms with E-state index in [1.807, 2.05) is 0 Å². The number of rotatable bonds is 9. The number of aliphatic hydroxyl groups is 1. The number of methoxy groups -OCH3 is 1. The number of thioether (sulfide) groups is 1. The van der Waals surface area contributed by atoms with E-state index in [1.165, 1.54) is 7.11 Å². The second kappa shape index (κ2) is 9.97. The number of esters is 1. The Balaban J connectivity index is 4.09. The van der Waals surface area contributed by atoms with Gasteiger partial charge in [0.1, 0.15) is 0 Å². The Morgan fingerprint density at radius 3 is 2.56 bits per heavy atom. The van der Waals surface area contributed by atoms with Gasteiger partial charge in [0.05, 0.1) is 19.1 Å². The molecule has 4 heteroatoms. The standard InChI is InChI=1S/C12H24O3S/c1-4-6-7-10(12(14)15-3)11(13)8-9-16-5-2/h10-11,13H,4-9H2,1-3H3. The molecule has 2 unspecified atom stereocenters. The second-order valence-corrected chi connectivity index (χ2v) is 5.22. The summed E-state index contributed by atoms with van der Waals surface area (Å²) >= 11 is 1.78. The Morgan fingerprint density at radius 1 is 1.38 bits per heavy atom. The Kier molecular flexibility index (Phi) is 9.83. The van der Waals surface area contributed by atoms with Crippen LogP contribution in [-0.4, -0.2) is 35.8 Å². The average Bonchev–Trinajstić information content (AvgIpc) is 2.29. The molecule has 3 nitrogen and oxygen atoms in total. The third-order valence-electron chi connectivity index (χ3n) is 2.60. The number of hydrogen-bond acceptors (Lipinski definition) is 4. The summed E-state index contributed by atoms with van der Waals surface area (Å²) in [6.07, 6.45) is 2.82. The fourth-order valence-corrected chi connectivity index (χ4v) is 2.29. The molecular formula is C12H24O3S. The molecule has 2 atom stereocenters. The minimum Gasteiger partial charge on any atom is -0.469 e. The number of aliphatic hydroxyl groups excluding tert-OH is 1. The number of unbranched alkanes of at least 4 members (excludes halogenated alkanes) is 1. The average molecular weight is 248 g/mol. The molecule has 96 valence electrons. The fourth-order valence-electron chi connectivity index (χ4n) is 1.59. The maximum absolute atomic E-state index is 11.5. The smallest absolute Gasteiger partial charge is 0.311 e. The lowest BCUT2D eigenvalue weighted by Crippen LogP contribution is -2.29. The highest BCUT2D eigenvalue weighted by molar-refractivity contribution is 7.99. The molecular weight excluding hydrogens is 224 g/mol. The Hall–Kier alpha value is -0.220. The van der Waals surface area contributed by atoms with Crippen molar-refractivity contribution < 1.29 is 14.6 Å². The van der Waals surface area contributed by atoms with E-state index in [0.29, 0.717) is 6.42 Å². The minimum absolute atomic E-state index is 0.276. The van der Waals surface area contributed by atoms with Crippen molar-refractivity contribution in [3.8, 4) is 0 Å². The van der Waals surface area contributed by atoms with Crippen LogP contribution in [0.2, 0.25) is 0 Å². The van der Waals surface area contributed by atoms with Crippen LogP contribution in [0.5, 0.6) is 0 Å². The first-order chi connectivity index (χ1) is 7.67. The van der Waals surface area contributed by atoms with Crippen LogP contribution in [0.3, 0.4) is 0 Å². The molecule has 0 fully saturated rings. The number of hydrogen-bond donors (Lipinski definition) is 1. The normalized spacial score (nSPS) is 14.5. The van der Waals surface area contributed by atoms with E-state index in [2.05, 4.69) is 13.8 Å². The summed E-state index contributed by atoms with van der Waals surface area (Å²) in [5, 5.41) is 9.95. The summed E-state index contributed by atoms with van der Waals surface area (Å²) in [5.41, 5.74) is 0. The summed E-state index contributed by atoms with van der Waals surface area (Å²) in [4.78, 5) is 11.5. The molecule has 0 aromatic carbocycles. The van der Waals surface area contributed by atoms with Crippen LogP contribution >= 0.6 is 11.8 Å². The number of ether oxygens (including phenoxy) is 1. The SMILES string of the molecule is CCCCC(C(=O)OC)C(O)CCSCC. The van der Waals surface area contributed by atoms with Crippen molar-refractivity contribution in [2.75, 3.05) is 18.6 Å². The van der Waals surface area contributed by atoms with Crippen molar-refractivity contribution in [3.63, 3.8) is 0 Å². The molecule has 0 amide bonds. The van der Waals surface area contributed by atoms with Crippen LogP contribution in [-0.2, 0) is 9.53 Å². The van der Waals surface area contributed by atoms with Crippen LogP contribution in [0.15, 0.2) is 0 Å². The van der Waals surface area contributed by atoms with Crippen molar-refractivity contribution in [3.05, 3.63) is 0 Å². The van der Waals surface area contributed by atoms with E-state index >= 15 is 0 Å². The molecule has 0 aromatic heterocycles. The molecule has 0 aliphatic carbocycles. The van der Waals surface area contributed by atoms with E-state index in [0.717, 1.165) is 30.8 Å². The van der Waals surface area contributed by atoms with Crippen molar-refractivity contribution in [1.82, 2.24) is 0 Å². The zero-order valence-electron chi connectivity index (χ0n) is 10.6. The second-order valence-electron chi connectivity index (χ2n) is 3.82. The molecule has 0 rings (SSSR count). The predicted molar refractivity (Wildman–Crippen MR) is 68.7 cm³/mol. The van der Waals surface area contributed by atoms with Gasteiger partial charge in [-0.1, -0.05) is 26.7 Å². The summed E-state index contributed by atoms with van der Waals surface area (Å²) in [7, 11) is 1.38. The van der Waals surface area contributed by atoms with Crippen LogP contribution in [0, 0.1) is 5.92 Å². The molecule has 0 radical (unpaired) electrons. The first-order valence-electron chi connectivity index (χ1n) is 6.00. The van der Waals surface area contributed by atoms with Gasteiger partial charge in [-0.25, -0.2) is 0 Å². The van der Waals surface area contributed by atoms with Crippen LogP contribution in [0.25, 0.3) is 0 Å². The quantitative estimate of drug-likeness (QED) is 0.503. The molecule has 16 heavy (non-hydrogen) atoms. The van der Waals surface area contributed by atoms with Gasteiger partial charge in [0.25, 0.3) is 0 Å². The van der Waals surface area contributed by atoms with Gasteiger partial charge in [-0.2, -0.15) is 11.8 Å². The predicted octanol–water partition coefficient (Wildman–Crippen LogP) is 2.47. The molecule has 0 bridgehead atoms.